The smallest absolute Gasteiger partial charge is 0.256 e. The van der Waals surface area contributed by atoms with E-state index in [0.717, 1.165) is 52.1 Å². The number of fused-ring (bicyclic) bond motifs is 1. The second-order valence-electron chi connectivity index (χ2n) is 10.1. The van der Waals surface area contributed by atoms with Crippen LogP contribution in [-0.4, -0.2) is 53.1 Å². The molecule has 0 bridgehead atoms. The largest absolute Gasteiger partial charge is 0.399 e. The van der Waals surface area contributed by atoms with Crippen LogP contribution in [0.3, 0.4) is 0 Å². The zero-order chi connectivity index (χ0) is 25.2. The summed E-state index contributed by atoms with van der Waals surface area (Å²) in [6.45, 7) is 8.38. The molecule has 1 saturated heterocycles. The molecule has 8 nitrogen and oxygen atoms in total. The number of hydrogen-bond donors (Lipinski definition) is 3. The average Bonchev–Trinajstić information content (AvgIpc) is 3.36. The van der Waals surface area contributed by atoms with E-state index in [2.05, 4.69) is 29.7 Å². The molecule has 5 rings (SSSR count). The number of amides is 1. The molecule has 2 aliphatic rings. The summed E-state index contributed by atoms with van der Waals surface area (Å²) >= 11 is 0. The Kier molecular flexibility index (Phi) is 6.96. The highest BCUT2D eigenvalue weighted by Gasteiger charge is 2.25. The van der Waals surface area contributed by atoms with Crippen LogP contribution in [0.4, 0.5) is 17.2 Å². The number of nitrogens with two attached hydrogens (primary N) is 1. The molecule has 1 amide bonds. The summed E-state index contributed by atoms with van der Waals surface area (Å²) in [4.78, 5) is 24.9. The molecule has 190 valence electrons. The van der Waals surface area contributed by atoms with Gasteiger partial charge in [0.05, 0.1) is 30.3 Å². The van der Waals surface area contributed by atoms with Gasteiger partial charge in [-0.1, -0.05) is 18.9 Å². The van der Waals surface area contributed by atoms with Crippen molar-refractivity contribution >= 4 is 34.0 Å². The van der Waals surface area contributed by atoms with Crippen molar-refractivity contribution in [3.05, 3.63) is 52.8 Å². The number of aryl methyl sites for hydroxylation is 2. The first-order valence-corrected chi connectivity index (χ1v) is 13.0. The number of morpholine rings is 1. The van der Waals surface area contributed by atoms with Crippen LogP contribution in [0.1, 0.15) is 66.0 Å². The summed E-state index contributed by atoms with van der Waals surface area (Å²) < 4.78 is 5.47. The highest BCUT2D eigenvalue weighted by molar-refractivity contribution is 6.05. The summed E-state index contributed by atoms with van der Waals surface area (Å²) in [7, 11) is 0. The molecular formula is C28H36N6O2. The van der Waals surface area contributed by atoms with Gasteiger partial charge in [-0.3, -0.25) is 4.79 Å². The maximum atomic E-state index is 13.6. The number of nitrogens with zero attached hydrogens (tertiary/aromatic N) is 3. The first-order chi connectivity index (χ1) is 17.4. The minimum atomic E-state index is -0.00870. The van der Waals surface area contributed by atoms with Gasteiger partial charge in [-0.05, 0) is 69.0 Å². The Hall–Kier alpha value is -3.39. The molecule has 2 heterocycles. The fraction of sp³-hybridized carbons (Fsp3) is 0.464. The maximum Gasteiger partial charge on any atom is 0.256 e. The molecule has 0 unspecified atom stereocenters. The second-order valence-corrected chi connectivity index (χ2v) is 10.1. The third kappa shape index (κ3) is 5.23. The Bertz CT molecular complexity index is 1240. The predicted octanol–water partition coefficient (Wildman–Crippen LogP) is 4.83. The minimum Gasteiger partial charge on any atom is -0.399 e. The number of nitrogen functional groups attached to an aromatic ring is 1. The summed E-state index contributed by atoms with van der Waals surface area (Å²) in [5.41, 5.74) is 11.4. The third-order valence-corrected chi connectivity index (χ3v) is 7.17. The molecule has 36 heavy (non-hydrogen) atoms. The van der Waals surface area contributed by atoms with Crippen LogP contribution in [0.2, 0.25) is 0 Å². The van der Waals surface area contributed by atoms with Crippen LogP contribution in [0.15, 0.2) is 30.3 Å². The minimum absolute atomic E-state index is 0.00870. The zero-order valence-corrected chi connectivity index (χ0v) is 21.4. The van der Waals surface area contributed by atoms with E-state index in [-0.39, 0.29) is 11.9 Å². The molecule has 1 aromatic heterocycles. The molecule has 1 atom stereocenters. The molecule has 2 fully saturated rings. The molecular weight excluding hydrogens is 452 g/mol. The second kappa shape index (κ2) is 10.3. The predicted molar refractivity (Wildman–Crippen MR) is 145 cm³/mol. The number of hydrogen-bond acceptors (Lipinski definition) is 7. The summed E-state index contributed by atoms with van der Waals surface area (Å²) in [6, 6.07) is 10.4. The van der Waals surface area contributed by atoms with E-state index in [1.54, 1.807) is 0 Å². The van der Waals surface area contributed by atoms with Crippen molar-refractivity contribution in [2.24, 2.45) is 0 Å². The van der Waals surface area contributed by atoms with Crippen molar-refractivity contribution in [2.45, 2.75) is 58.5 Å². The number of carbonyl (C=O) groups is 1. The number of anilines is 3. The van der Waals surface area contributed by atoms with Gasteiger partial charge in [0.2, 0.25) is 0 Å². The van der Waals surface area contributed by atoms with E-state index >= 15 is 0 Å². The molecule has 1 saturated carbocycles. The van der Waals surface area contributed by atoms with Crippen molar-refractivity contribution in [2.75, 3.05) is 42.7 Å². The molecule has 2 aromatic carbocycles. The van der Waals surface area contributed by atoms with E-state index in [9.17, 15) is 4.79 Å². The van der Waals surface area contributed by atoms with Gasteiger partial charge in [0.25, 0.3) is 5.91 Å². The molecule has 0 radical (unpaired) electrons. The number of nitrogens with one attached hydrogen (secondary N) is 2. The fourth-order valence-corrected chi connectivity index (χ4v) is 5.31. The van der Waals surface area contributed by atoms with Gasteiger partial charge < -0.3 is 26.0 Å². The molecule has 1 aliphatic carbocycles. The number of benzene rings is 2. The van der Waals surface area contributed by atoms with Gasteiger partial charge in [-0.25, -0.2) is 9.97 Å². The maximum absolute atomic E-state index is 13.6. The number of aromatic nitrogens is 2. The Labute approximate surface area is 212 Å². The van der Waals surface area contributed by atoms with Gasteiger partial charge >= 0.3 is 0 Å². The average molecular weight is 489 g/mol. The standard InChI is InChI=1S/C28H36N6O2/c1-17-12-20(14-21(29)13-17)18(2)30-27-23-15-26(33-22-6-4-5-7-22)24(16-25(23)31-19(3)32-27)28(35)34-8-10-36-11-9-34/h12-16,18,22,33H,4-11,29H2,1-3H3,(H,30,31,32)/t18-/m1/s1. The van der Waals surface area contributed by atoms with E-state index in [1.165, 1.54) is 12.8 Å². The highest BCUT2D eigenvalue weighted by Crippen LogP contribution is 2.33. The van der Waals surface area contributed by atoms with Gasteiger partial charge in [0.15, 0.2) is 0 Å². The zero-order valence-electron chi connectivity index (χ0n) is 21.4. The first kappa shape index (κ1) is 24.3. The van der Waals surface area contributed by atoms with Crippen molar-refractivity contribution < 1.29 is 9.53 Å². The third-order valence-electron chi connectivity index (χ3n) is 7.17. The normalized spacial score (nSPS) is 17.4. The topological polar surface area (TPSA) is 105 Å². The van der Waals surface area contributed by atoms with E-state index < -0.39 is 0 Å². The number of ether oxygens (including phenoxy) is 1. The molecule has 8 heteroatoms. The van der Waals surface area contributed by atoms with Crippen LogP contribution in [0.25, 0.3) is 10.9 Å². The number of rotatable bonds is 6. The quantitative estimate of drug-likeness (QED) is 0.427. The molecule has 4 N–H and O–H groups in total. The molecule has 3 aromatic rings. The van der Waals surface area contributed by atoms with Gasteiger partial charge in [0, 0.05) is 35.9 Å². The lowest BCUT2D eigenvalue weighted by molar-refractivity contribution is 0.0303. The van der Waals surface area contributed by atoms with E-state index in [4.69, 9.17) is 20.4 Å². The van der Waals surface area contributed by atoms with Crippen molar-refractivity contribution in [3.8, 4) is 0 Å². The van der Waals surface area contributed by atoms with E-state index in [0.29, 0.717) is 43.7 Å². The summed E-state index contributed by atoms with van der Waals surface area (Å²) in [5.74, 6) is 1.43. The summed E-state index contributed by atoms with van der Waals surface area (Å²) in [5, 5.41) is 8.16. The lowest BCUT2D eigenvalue weighted by Crippen LogP contribution is -2.41. The SMILES string of the molecule is Cc1cc(N)cc([C@@H](C)Nc2nc(C)nc3cc(C(=O)N4CCOCC4)c(NC4CCCC4)cc23)c1. The Morgan fingerprint density at radius 3 is 2.56 bits per heavy atom. The first-order valence-electron chi connectivity index (χ1n) is 13.0. The van der Waals surface area contributed by atoms with E-state index in [1.807, 2.05) is 36.9 Å². The van der Waals surface area contributed by atoms with Crippen LogP contribution in [0, 0.1) is 13.8 Å². The Balaban J connectivity index is 1.55. The van der Waals surface area contributed by atoms with Crippen molar-refractivity contribution in [1.82, 2.24) is 14.9 Å². The molecule has 1 aliphatic heterocycles. The van der Waals surface area contributed by atoms with Crippen LogP contribution < -0.4 is 16.4 Å². The monoisotopic (exact) mass is 488 g/mol. The highest BCUT2D eigenvalue weighted by atomic mass is 16.5. The molecule has 0 spiro atoms. The van der Waals surface area contributed by atoms with Crippen molar-refractivity contribution in [1.29, 1.82) is 0 Å². The van der Waals surface area contributed by atoms with Crippen LogP contribution in [0.5, 0.6) is 0 Å². The Morgan fingerprint density at radius 2 is 1.83 bits per heavy atom. The van der Waals surface area contributed by atoms with Gasteiger partial charge in [-0.15, -0.1) is 0 Å². The lowest BCUT2D eigenvalue weighted by atomic mass is 10.0. The van der Waals surface area contributed by atoms with Crippen molar-refractivity contribution in [3.63, 3.8) is 0 Å². The summed E-state index contributed by atoms with van der Waals surface area (Å²) in [6.07, 6.45) is 4.66. The van der Waals surface area contributed by atoms with Gasteiger partial charge in [-0.2, -0.15) is 0 Å². The lowest BCUT2D eigenvalue weighted by Gasteiger charge is -2.28. The number of carbonyl (C=O) groups excluding carboxylic acids is 1. The Morgan fingerprint density at radius 1 is 1.08 bits per heavy atom. The van der Waals surface area contributed by atoms with Crippen LogP contribution in [-0.2, 0) is 4.74 Å². The fourth-order valence-electron chi connectivity index (χ4n) is 5.31. The van der Waals surface area contributed by atoms with Gasteiger partial charge in [0.1, 0.15) is 11.6 Å². The van der Waals surface area contributed by atoms with Crippen LogP contribution >= 0.6 is 0 Å².